The summed E-state index contributed by atoms with van der Waals surface area (Å²) in [5.74, 6) is -1.10. The van der Waals surface area contributed by atoms with Gasteiger partial charge in [0.25, 0.3) is 5.91 Å². The zero-order valence-corrected chi connectivity index (χ0v) is 22.5. The lowest BCUT2D eigenvalue weighted by Crippen LogP contribution is -2.65. The molecule has 0 bridgehead atoms. The van der Waals surface area contributed by atoms with Crippen LogP contribution in [0.2, 0.25) is 0 Å². The van der Waals surface area contributed by atoms with Gasteiger partial charge in [-0.1, -0.05) is 6.92 Å². The van der Waals surface area contributed by atoms with Gasteiger partial charge in [-0.15, -0.1) is 0 Å². The molecular formula is C23H43N3O10S. The van der Waals surface area contributed by atoms with Crippen LogP contribution in [0.4, 0.5) is 0 Å². The van der Waals surface area contributed by atoms with Crippen LogP contribution >= 0.6 is 12.6 Å². The quantitative estimate of drug-likeness (QED) is 0.0869. The smallest absolute Gasteiger partial charge is 0.252 e. The van der Waals surface area contributed by atoms with E-state index in [4.69, 9.17) is 24.7 Å². The number of methoxy groups -OCH3 is 1. The van der Waals surface area contributed by atoms with Crippen LogP contribution in [0.1, 0.15) is 33.1 Å². The summed E-state index contributed by atoms with van der Waals surface area (Å²) < 4.78 is 22.5. The Bertz CT molecular complexity index is 722. The van der Waals surface area contributed by atoms with Crippen molar-refractivity contribution in [3.63, 3.8) is 0 Å². The molecule has 0 aromatic carbocycles. The number of carbonyl (C=O) groups excluding carboxylic acids is 2. The highest BCUT2D eigenvalue weighted by Crippen LogP contribution is 2.32. The monoisotopic (exact) mass is 553 g/mol. The first-order chi connectivity index (χ1) is 17.6. The van der Waals surface area contributed by atoms with Crippen LogP contribution < -0.4 is 16.4 Å². The second-order valence-corrected chi connectivity index (χ2v) is 9.93. The van der Waals surface area contributed by atoms with Crippen LogP contribution in [0.3, 0.4) is 0 Å². The lowest BCUT2D eigenvalue weighted by atomic mass is 9.88. The third-order valence-corrected chi connectivity index (χ3v) is 7.13. The number of hydrogen-bond acceptors (Lipinski definition) is 12. The van der Waals surface area contributed by atoms with E-state index in [0.29, 0.717) is 38.1 Å². The largest absolute Gasteiger partial charge is 0.394 e. The summed E-state index contributed by atoms with van der Waals surface area (Å²) in [5, 5.41) is 47.0. The third kappa shape index (κ3) is 8.21. The van der Waals surface area contributed by atoms with Crippen LogP contribution in [-0.4, -0.2) is 126 Å². The molecule has 2 fully saturated rings. The van der Waals surface area contributed by atoms with E-state index >= 15 is 0 Å². The van der Waals surface area contributed by atoms with Crippen molar-refractivity contribution >= 4 is 24.4 Å². The standard InChI is InChI=1S/C23H43N3O10S/c1-11-12(2)34-14(10-27)15(28)18(11)35-23-17(30)16(29)19(33-3)20(36-23)22(32)26-13(6-4-5-7-24)21(31)25-8-9-37/h11-20,23,27-30,37H,4-10,24H2,1-3H3,(H,25,31)(H,26,32)/t11-,12+,13?,14?,15-,16?,17+,18?,19+,20?,23-/m1/s1. The highest BCUT2D eigenvalue weighted by atomic mass is 32.1. The molecular weight excluding hydrogens is 510 g/mol. The number of unbranched alkanes of at least 4 members (excludes halogenated alkanes) is 1. The molecule has 2 rings (SSSR count). The van der Waals surface area contributed by atoms with Gasteiger partial charge in [0.05, 0.1) is 18.8 Å². The van der Waals surface area contributed by atoms with Gasteiger partial charge in [0, 0.05) is 25.3 Å². The zero-order valence-electron chi connectivity index (χ0n) is 21.6. The van der Waals surface area contributed by atoms with E-state index in [9.17, 15) is 30.0 Å². The minimum absolute atomic E-state index is 0.311. The number of carbonyl (C=O) groups is 2. The zero-order chi connectivity index (χ0) is 27.7. The van der Waals surface area contributed by atoms with Crippen molar-refractivity contribution in [3.05, 3.63) is 0 Å². The van der Waals surface area contributed by atoms with Crippen molar-refractivity contribution in [2.24, 2.45) is 11.7 Å². The number of rotatable bonds is 13. The molecule has 0 saturated carbocycles. The van der Waals surface area contributed by atoms with Crippen LogP contribution in [0.25, 0.3) is 0 Å². The van der Waals surface area contributed by atoms with E-state index in [1.165, 1.54) is 7.11 Å². The fraction of sp³-hybridized carbons (Fsp3) is 0.913. The second-order valence-electron chi connectivity index (χ2n) is 9.48. The molecule has 8 N–H and O–H groups in total. The molecule has 14 heteroatoms. The van der Waals surface area contributed by atoms with Crippen molar-refractivity contribution in [1.82, 2.24) is 10.6 Å². The third-order valence-electron chi connectivity index (χ3n) is 6.90. The molecule has 0 aliphatic carbocycles. The second kappa shape index (κ2) is 15.5. The molecule has 2 aliphatic rings. The van der Waals surface area contributed by atoms with Gasteiger partial charge in [0.15, 0.2) is 12.4 Å². The van der Waals surface area contributed by atoms with Gasteiger partial charge >= 0.3 is 0 Å². The van der Waals surface area contributed by atoms with Crippen molar-refractivity contribution in [2.45, 2.75) is 94.3 Å². The molecule has 2 amide bonds. The number of hydrogen-bond donors (Lipinski definition) is 8. The summed E-state index contributed by atoms with van der Waals surface area (Å²) in [4.78, 5) is 25.9. The van der Waals surface area contributed by atoms with Gasteiger partial charge in [0.2, 0.25) is 5.91 Å². The van der Waals surface area contributed by atoms with Gasteiger partial charge in [-0.25, -0.2) is 0 Å². The number of aliphatic hydroxyl groups is 4. The molecule has 0 radical (unpaired) electrons. The normalized spacial score (nSPS) is 37.1. The van der Waals surface area contributed by atoms with Gasteiger partial charge in [-0.05, 0) is 32.7 Å². The number of nitrogens with two attached hydrogens (primary N) is 1. The van der Waals surface area contributed by atoms with Crippen molar-refractivity contribution in [1.29, 1.82) is 0 Å². The maximum Gasteiger partial charge on any atom is 0.252 e. The average Bonchev–Trinajstić information content (AvgIpc) is 2.88. The summed E-state index contributed by atoms with van der Waals surface area (Å²) >= 11 is 4.08. The van der Waals surface area contributed by atoms with E-state index in [0.717, 1.165) is 0 Å². The molecule has 2 saturated heterocycles. The highest BCUT2D eigenvalue weighted by molar-refractivity contribution is 7.80. The molecule has 5 unspecified atom stereocenters. The Hall–Kier alpha value is -1.07. The molecule has 0 aromatic rings. The van der Waals surface area contributed by atoms with E-state index < -0.39 is 79.6 Å². The molecule has 2 heterocycles. The highest BCUT2D eigenvalue weighted by Gasteiger charge is 2.51. The fourth-order valence-corrected chi connectivity index (χ4v) is 4.63. The molecule has 0 spiro atoms. The van der Waals surface area contributed by atoms with Crippen LogP contribution in [0.15, 0.2) is 0 Å². The first kappa shape index (κ1) is 32.1. The SMILES string of the molecule is CO[C@@H]1C(C(=O)NC(CCCCN)C(=O)NCCS)O[C@@H](OC2[C@H](O)C(CO)O[C@@H](C)[C@H]2C)[C@@H](O)C1O. The Kier molecular flexibility index (Phi) is 13.5. The predicted octanol–water partition coefficient (Wildman–Crippen LogP) is -2.73. The number of thiol groups is 1. The number of aliphatic hydroxyl groups excluding tert-OH is 4. The minimum atomic E-state index is -1.61. The van der Waals surface area contributed by atoms with Gasteiger partial charge < -0.3 is 55.7 Å². The Morgan fingerprint density at radius 3 is 2.38 bits per heavy atom. The van der Waals surface area contributed by atoms with Gasteiger partial charge in [0.1, 0.15) is 36.6 Å². The Morgan fingerprint density at radius 2 is 1.78 bits per heavy atom. The fourth-order valence-electron chi connectivity index (χ4n) is 4.52. The van der Waals surface area contributed by atoms with Crippen LogP contribution in [0, 0.1) is 5.92 Å². The minimum Gasteiger partial charge on any atom is -0.394 e. The molecule has 0 aromatic heterocycles. The first-order valence-electron chi connectivity index (χ1n) is 12.6. The molecule has 11 atom stereocenters. The van der Waals surface area contributed by atoms with Crippen LogP contribution in [-0.2, 0) is 28.5 Å². The average molecular weight is 554 g/mol. The lowest BCUT2D eigenvalue weighted by Gasteiger charge is -2.46. The number of nitrogens with one attached hydrogen (secondary N) is 2. The van der Waals surface area contributed by atoms with Crippen molar-refractivity contribution in [3.8, 4) is 0 Å². The molecule has 37 heavy (non-hydrogen) atoms. The molecule has 216 valence electrons. The summed E-state index contributed by atoms with van der Waals surface area (Å²) in [6.07, 6.45) is -9.35. The lowest BCUT2D eigenvalue weighted by molar-refractivity contribution is -0.329. The number of ether oxygens (including phenoxy) is 4. The Labute approximate surface area is 222 Å². The van der Waals surface area contributed by atoms with E-state index in [2.05, 4.69) is 23.3 Å². The summed E-state index contributed by atoms with van der Waals surface area (Å²) in [6.45, 7) is 3.81. The summed E-state index contributed by atoms with van der Waals surface area (Å²) in [6, 6.07) is -0.896. The van der Waals surface area contributed by atoms with Gasteiger partial charge in [-0.3, -0.25) is 9.59 Å². The number of amides is 2. The first-order valence-corrected chi connectivity index (χ1v) is 13.3. The molecule has 2 aliphatic heterocycles. The van der Waals surface area contributed by atoms with Crippen molar-refractivity contribution < 1.29 is 49.0 Å². The maximum atomic E-state index is 13.3. The Balaban J connectivity index is 2.20. The summed E-state index contributed by atoms with van der Waals surface area (Å²) in [7, 11) is 1.25. The van der Waals surface area contributed by atoms with E-state index in [1.54, 1.807) is 13.8 Å². The molecule has 13 nitrogen and oxygen atoms in total. The summed E-state index contributed by atoms with van der Waals surface area (Å²) in [5.41, 5.74) is 5.55. The topological polar surface area (TPSA) is 202 Å². The van der Waals surface area contributed by atoms with Crippen LogP contribution in [0.5, 0.6) is 0 Å². The van der Waals surface area contributed by atoms with Crippen molar-refractivity contribution in [2.75, 3.05) is 32.6 Å². The Morgan fingerprint density at radius 1 is 1.08 bits per heavy atom. The van der Waals surface area contributed by atoms with E-state index in [1.807, 2.05) is 0 Å². The predicted molar refractivity (Wildman–Crippen MR) is 135 cm³/mol. The maximum absolute atomic E-state index is 13.3. The van der Waals surface area contributed by atoms with Gasteiger partial charge in [-0.2, -0.15) is 12.6 Å². The van der Waals surface area contributed by atoms with E-state index in [-0.39, 0.29) is 5.92 Å².